The van der Waals surface area contributed by atoms with Crippen molar-refractivity contribution in [3.63, 3.8) is 0 Å². The summed E-state index contributed by atoms with van der Waals surface area (Å²) in [5, 5.41) is 4.66. The van der Waals surface area contributed by atoms with Gasteiger partial charge in [-0.05, 0) is 79.9 Å². The number of furan rings is 1. The van der Waals surface area contributed by atoms with Gasteiger partial charge in [-0.3, -0.25) is 0 Å². The lowest BCUT2D eigenvalue weighted by Crippen LogP contribution is -2.00. The van der Waals surface area contributed by atoms with Crippen LogP contribution in [0, 0.1) is 0 Å². The van der Waals surface area contributed by atoms with Crippen molar-refractivity contribution in [2.24, 2.45) is 0 Å². The molecule has 0 saturated heterocycles. The second-order valence-electron chi connectivity index (χ2n) is 14.0. The van der Waals surface area contributed by atoms with Gasteiger partial charge in [0.05, 0.1) is 5.56 Å². The van der Waals surface area contributed by atoms with Crippen LogP contribution in [0.25, 0.3) is 100 Å². The Hall–Kier alpha value is -7.17. The first-order chi connectivity index (χ1) is 26.7. The highest BCUT2D eigenvalue weighted by atomic mass is 16.3. The average Bonchev–Trinajstić information content (AvgIpc) is 3.81. The van der Waals surface area contributed by atoms with Gasteiger partial charge in [-0.1, -0.05) is 158 Å². The van der Waals surface area contributed by atoms with Gasteiger partial charge in [0.1, 0.15) is 11.2 Å². The molecule has 4 heteroatoms. The fourth-order valence-corrected chi connectivity index (χ4v) is 8.09. The maximum absolute atomic E-state index is 6.39. The summed E-state index contributed by atoms with van der Waals surface area (Å²) in [5.74, 6) is 1.81. The van der Waals surface area contributed by atoms with Gasteiger partial charge in [0.25, 0.3) is 0 Å². The molecular formula is C50H31N3O. The third kappa shape index (κ3) is 5.03. The predicted octanol–water partition coefficient (Wildman–Crippen LogP) is 12.8. The SMILES string of the molecule is c1ccc(-c2nc(-c3ccc(-c4ccc5c(c4)Cc4ccc(-c6cccc7ccccc67)cc4-5)cc3)nc(-c3cccc4c3oc3ccccc34)n2)cc1. The number of nitrogens with zero attached hydrogens (tertiary/aromatic N) is 3. The second-order valence-corrected chi connectivity index (χ2v) is 14.0. The first-order valence-electron chi connectivity index (χ1n) is 18.3. The van der Waals surface area contributed by atoms with Gasteiger partial charge < -0.3 is 4.42 Å². The number of aromatic nitrogens is 3. The summed E-state index contributed by atoms with van der Waals surface area (Å²) in [5.41, 5.74) is 14.6. The molecule has 0 fully saturated rings. The molecule has 1 aliphatic rings. The summed E-state index contributed by atoms with van der Waals surface area (Å²) >= 11 is 0. The smallest absolute Gasteiger partial charge is 0.167 e. The molecule has 0 saturated carbocycles. The monoisotopic (exact) mass is 689 g/mol. The normalized spacial score (nSPS) is 12.0. The zero-order valence-electron chi connectivity index (χ0n) is 29.2. The van der Waals surface area contributed by atoms with Crippen LogP contribution in [0.15, 0.2) is 180 Å². The van der Waals surface area contributed by atoms with E-state index in [1.807, 2.05) is 60.7 Å². The molecule has 10 aromatic rings. The van der Waals surface area contributed by atoms with E-state index in [4.69, 9.17) is 19.4 Å². The Morgan fingerprint density at radius 1 is 0.352 bits per heavy atom. The third-order valence-corrected chi connectivity index (χ3v) is 10.8. The molecule has 0 atom stereocenters. The summed E-state index contributed by atoms with van der Waals surface area (Å²) in [6, 6.07) is 62.0. The molecule has 0 unspecified atom stereocenters. The van der Waals surface area contributed by atoms with Crippen LogP contribution < -0.4 is 0 Å². The number of hydrogen-bond donors (Lipinski definition) is 0. The first-order valence-corrected chi connectivity index (χ1v) is 18.3. The molecule has 4 nitrogen and oxygen atoms in total. The Balaban J connectivity index is 0.947. The molecule has 2 aromatic heterocycles. The van der Waals surface area contributed by atoms with Crippen LogP contribution >= 0.6 is 0 Å². The molecular weight excluding hydrogens is 659 g/mol. The molecule has 54 heavy (non-hydrogen) atoms. The summed E-state index contributed by atoms with van der Waals surface area (Å²) in [6.45, 7) is 0. The maximum Gasteiger partial charge on any atom is 0.167 e. The summed E-state index contributed by atoms with van der Waals surface area (Å²) in [6.07, 6.45) is 0.931. The number of para-hydroxylation sites is 2. The number of fused-ring (bicyclic) bond motifs is 7. The lowest BCUT2D eigenvalue weighted by Gasteiger charge is -2.10. The molecule has 0 bridgehead atoms. The van der Waals surface area contributed by atoms with E-state index in [2.05, 4.69) is 115 Å². The molecule has 0 N–H and O–H groups in total. The Bertz CT molecular complexity index is 3070. The van der Waals surface area contributed by atoms with Crippen LogP contribution in [0.3, 0.4) is 0 Å². The van der Waals surface area contributed by atoms with E-state index >= 15 is 0 Å². The van der Waals surface area contributed by atoms with E-state index in [-0.39, 0.29) is 0 Å². The van der Waals surface area contributed by atoms with Crippen molar-refractivity contribution in [1.82, 2.24) is 15.0 Å². The first kappa shape index (κ1) is 30.5. The molecule has 8 aromatic carbocycles. The van der Waals surface area contributed by atoms with Crippen LogP contribution in [0.5, 0.6) is 0 Å². The van der Waals surface area contributed by atoms with Gasteiger partial charge >= 0.3 is 0 Å². The van der Waals surface area contributed by atoms with Gasteiger partial charge in [-0.25, -0.2) is 15.0 Å². The van der Waals surface area contributed by atoms with E-state index in [1.54, 1.807) is 0 Å². The summed E-state index contributed by atoms with van der Waals surface area (Å²) < 4.78 is 6.39. The van der Waals surface area contributed by atoms with Gasteiger partial charge in [0.15, 0.2) is 17.5 Å². The minimum absolute atomic E-state index is 0.578. The molecule has 0 amide bonds. The van der Waals surface area contributed by atoms with E-state index in [0.717, 1.165) is 50.6 Å². The lowest BCUT2D eigenvalue weighted by atomic mass is 9.94. The Morgan fingerprint density at radius 3 is 1.85 bits per heavy atom. The third-order valence-electron chi connectivity index (χ3n) is 10.8. The van der Waals surface area contributed by atoms with Crippen molar-refractivity contribution in [3.8, 4) is 67.5 Å². The van der Waals surface area contributed by atoms with Crippen molar-refractivity contribution in [2.45, 2.75) is 6.42 Å². The molecule has 1 aliphatic carbocycles. The van der Waals surface area contributed by atoms with Crippen LogP contribution in [0.4, 0.5) is 0 Å². The summed E-state index contributed by atoms with van der Waals surface area (Å²) in [7, 11) is 0. The highest BCUT2D eigenvalue weighted by Crippen LogP contribution is 2.42. The van der Waals surface area contributed by atoms with Crippen LogP contribution in [0.2, 0.25) is 0 Å². The van der Waals surface area contributed by atoms with E-state index in [9.17, 15) is 0 Å². The molecule has 0 radical (unpaired) electrons. The zero-order valence-corrected chi connectivity index (χ0v) is 29.2. The fourth-order valence-electron chi connectivity index (χ4n) is 8.09. The quantitative estimate of drug-likeness (QED) is 0.180. The van der Waals surface area contributed by atoms with Crippen molar-refractivity contribution >= 4 is 32.7 Å². The highest BCUT2D eigenvalue weighted by Gasteiger charge is 2.21. The van der Waals surface area contributed by atoms with E-state index in [0.29, 0.717) is 17.5 Å². The van der Waals surface area contributed by atoms with Gasteiger partial charge in [-0.2, -0.15) is 0 Å². The Kier molecular flexibility index (Phi) is 6.89. The van der Waals surface area contributed by atoms with E-state index in [1.165, 1.54) is 49.7 Å². The Morgan fingerprint density at radius 2 is 0.981 bits per heavy atom. The van der Waals surface area contributed by atoms with Gasteiger partial charge in [0.2, 0.25) is 0 Å². The largest absolute Gasteiger partial charge is 0.455 e. The predicted molar refractivity (Wildman–Crippen MR) is 220 cm³/mol. The van der Waals surface area contributed by atoms with Crippen LogP contribution in [-0.2, 0) is 6.42 Å². The molecule has 0 spiro atoms. The minimum atomic E-state index is 0.578. The molecule has 252 valence electrons. The lowest BCUT2D eigenvalue weighted by molar-refractivity contribution is 0.669. The van der Waals surface area contributed by atoms with Crippen molar-refractivity contribution in [3.05, 3.63) is 187 Å². The number of benzene rings is 8. The molecule has 0 aliphatic heterocycles. The standard InChI is InChI=1S/C50H31N3O/c1-2-11-33(12-3-1)48-51-49(53-50(52-48)44-18-9-17-43-42-15-6-7-19-46(42)54-47(43)44)34-22-20-31(21-23-34)35-26-27-41-38(28-35)29-36-24-25-37(30-45(36)41)40-16-8-13-32-10-4-5-14-39(32)40/h1-28,30H,29H2. The van der Waals surface area contributed by atoms with Crippen LogP contribution in [0.1, 0.15) is 11.1 Å². The van der Waals surface area contributed by atoms with E-state index < -0.39 is 0 Å². The van der Waals surface area contributed by atoms with Gasteiger partial charge in [0, 0.05) is 21.9 Å². The molecule has 2 heterocycles. The van der Waals surface area contributed by atoms with Gasteiger partial charge in [-0.15, -0.1) is 0 Å². The number of hydrogen-bond acceptors (Lipinski definition) is 4. The highest BCUT2D eigenvalue weighted by molar-refractivity contribution is 6.09. The average molecular weight is 690 g/mol. The minimum Gasteiger partial charge on any atom is -0.455 e. The van der Waals surface area contributed by atoms with Crippen LogP contribution in [-0.4, -0.2) is 15.0 Å². The second kappa shape index (κ2) is 12.2. The maximum atomic E-state index is 6.39. The number of rotatable bonds is 5. The molecule has 11 rings (SSSR count). The van der Waals surface area contributed by atoms with Crippen molar-refractivity contribution in [1.29, 1.82) is 0 Å². The zero-order chi connectivity index (χ0) is 35.6. The van der Waals surface area contributed by atoms with Crippen molar-refractivity contribution < 1.29 is 4.42 Å². The summed E-state index contributed by atoms with van der Waals surface area (Å²) in [4.78, 5) is 15.0. The fraction of sp³-hybridized carbons (Fsp3) is 0.0200. The Labute approximate surface area is 312 Å². The van der Waals surface area contributed by atoms with Crippen molar-refractivity contribution in [2.75, 3.05) is 0 Å². The topological polar surface area (TPSA) is 51.8 Å².